The Morgan fingerprint density at radius 3 is 2.25 bits per heavy atom. The topological polar surface area (TPSA) is 43.8 Å². The predicted molar refractivity (Wildman–Crippen MR) is 67.1 cm³/mol. The second kappa shape index (κ2) is 4.00. The first-order chi connectivity index (χ1) is 7.58. The van der Waals surface area contributed by atoms with Crippen molar-refractivity contribution in [3.05, 3.63) is 36.0 Å². The quantitative estimate of drug-likeness (QED) is 0.837. The maximum atomic E-state index is 5.84. The lowest BCUT2D eigenvalue weighted by Crippen LogP contribution is -1.91. The van der Waals surface area contributed by atoms with Gasteiger partial charge in [0.25, 0.3) is 0 Å². The van der Waals surface area contributed by atoms with Gasteiger partial charge in [-0.3, -0.25) is 4.68 Å². The average molecular weight is 215 g/mol. The van der Waals surface area contributed by atoms with Crippen LogP contribution in [0.25, 0.3) is 11.1 Å². The second-order valence-corrected chi connectivity index (χ2v) is 4.38. The number of aromatic nitrogens is 2. The van der Waals surface area contributed by atoms with Crippen molar-refractivity contribution in [3.63, 3.8) is 0 Å². The molecule has 1 heterocycles. The van der Waals surface area contributed by atoms with Gasteiger partial charge in [0.2, 0.25) is 0 Å². The van der Waals surface area contributed by atoms with E-state index in [1.54, 1.807) is 4.68 Å². The van der Waals surface area contributed by atoms with E-state index in [2.05, 4.69) is 43.2 Å². The molecule has 0 fully saturated rings. The molecule has 2 rings (SSSR count). The molecule has 2 N–H and O–H groups in total. The Labute approximate surface area is 95.9 Å². The fourth-order valence-electron chi connectivity index (χ4n) is 1.78. The molecule has 0 spiro atoms. The molecule has 3 heteroatoms. The molecule has 3 nitrogen and oxygen atoms in total. The minimum atomic E-state index is 0.556. The molecule has 0 bridgehead atoms. The van der Waals surface area contributed by atoms with Gasteiger partial charge in [0, 0.05) is 18.8 Å². The van der Waals surface area contributed by atoms with E-state index in [0.29, 0.717) is 11.7 Å². The van der Waals surface area contributed by atoms with E-state index in [4.69, 9.17) is 5.73 Å². The minimum Gasteiger partial charge on any atom is -0.382 e. The zero-order valence-corrected chi connectivity index (χ0v) is 9.94. The first kappa shape index (κ1) is 10.7. The summed E-state index contributed by atoms with van der Waals surface area (Å²) in [5.41, 5.74) is 9.30. The average Bonchev–Trinajstić information content (AvgIpc) is 2.58. The largest absolute Gasteiger partial charge is 0.382 e. The van der Waals surface area contributed by atoms with Gasteiger partial charge in [0.15, 0.2) is 5.82 Å². The normalized spacial score (nSPS) is 11.0. The Morgan fingerprint density at radius 2 is 1.81 bits per heavy atom. The van der Waals surface area contributed by atoms with Crippen LogP contribution < -0.4 is 5.73 Å². The Hall–Kier alpha value is -1.77. The zero-order valence-electron chi connectivity index (χ0n) is 9.94. The van der Waals surface area contributed by atoms with Gasteiger partial charge in [-0.15, -0.1) is 0 Å². The minimum absolute atomic E-state index is 0.556. The lowest BCUT2D eigenvalue weighted by atomic mass is 10.00. The summed E-state index contributed by atoms with van der Waals surface area (Å²) in [6, 6.07) is 8.49. The van der Waals surface area contributed by atoms with Crippen molar-refractivity contribution >= 4 is 5.82 Å². The van der Waals surface area contributed by atoms with E-state index < -0.39 is 0 Å². The van der Waals surface area contributed by atoms with Crippen molar-refractivity contribution in [3.8, 4) is 11.1 Å². The molecule has 84 valence electrons. The molecule has 16 heavy (non-hydrogen) atoms. The number of rotatable bonds is 2. The number of hydrogen-bond donors (Lipinski definition) is 1. The number of benzene rings is 1. The van der Waals surface area contributed by atoms with Crippen molar-refractivity contribution in [2.45, 2.75) is 19.8 Å². The third-order valence-electron chi connectivity index (χ3n) is 2.75. The Balaban J connectivity index is 2.38. The van der Waals surface area contributed by atoms with Crippen LogP contribution in [-0.2, 0) is 7.05 Å². The van der Waals surface area contributed by atoms with Gasteiger partial charge in [-0.2, -0.15) is 5.10 Å². The van der Waals surface area contributed by atoms with Crippen molar-refractivity contribution in [2.24, 2.45) is 7.05 Å². The van der Waals surface area contributed by atoms with Crippen LogP contribution in [0.1, 0.15) is 25.3 Å². The fraction of sp³-hybridized carbons (Fsp3) is 0.308. The molecule has 1 aromatic carbocycles. The van der Waals surface area contributed by atoms with E-state index in [9.17, 15) is 0 Å². The molecular formula is C13H17N3. The number of hydrogen-bond acceptors (Lipinski definition) is 2. The van der Waals surface area contributed by atoms with Gasteiger partial charge < -0.3 is 5.73 Å². The Kier molecular flexibility index (Phi) is 2.69. The number of nitrogens with zero attached hydrogens (tertiary/aromatic N) is 2. The molecule has 0 aliphatic carbocycles. The monoisotopic (exact) mass is 215 g/mol. The number of aryl methyl sites for hydroxylation is 1. The van der Waals surface area contributed by atoms with Crippen molar-refractivity contribution in [1.29, 1.82) is 0 Å². The van der Waals surface area contributed by atoms with Gasteiger partial charge in [0.05, 0.1) is 0 Å². The van der Waals surface area contributed by atoms with Gasteiger partial charge in [0.1, 0.15) is 0 Å². The summed E-state index contributed by atoms with van der Waals surface area (Å²) in [6.45, 7) is 4.38. The highest BCUT2D eigenvalue weighted by Crippen LogP contribution is 2.26. The highest BCUT2D eigenvalue weighted by atomic mass is 15.3. The Morgan fingerprint density at radius 1 is 1.19 bits per heavy atom. The van der Waals surface area contributed by atoms with Gasteiger partial charge in [-0.1, -0.05) is 38.1 Å². The molecule has 1 aromatic heterocycles. The summed E-state index contributed by atoms with van der Waals surface area (Å²) >= 11 is 0. The van der Waals surface area contributed by atoms with Crippen LogP contribution in [0.3, 0.4) is 0 Å². The molecule has 0 amide bonds. The highest BCUT2D eigenvalue weighted by Gasteiger charge is 2.07. The lowest BCUT2D eigenvalue weighted by Gasteiger charge is -2.06. The lowest BCUT2D eigenvalue weighted by molar-refractivity contribution is 0.772. The summed E-state index contributed by atoms with van der Waals surface area (Å²) < 4.78 is 1.74. The molecule has 0 atom stereocenters. The first-order valence-electron chi connectivity index (χ1n) is 5.47. The molecule has 0 aliphatic heterocycles. The van der Waals surface area contributed by atoms with Crippen LogP contribution in [0.4, 0.5) is 5.82 Å². The molecule has 2 aromatic rings. The van der Waals surface area contributed by atoms with E-state index in [1.807, 2.05) is 13.2 Å². The highest BCUT2D eigenvalue weighted by molar-refractivity contribution is 5.73. The molecule has 0 saturated carbocycles. The molecule has 0 saturated heterocycles. The maximum absolute atomic E-state index is 5.84. The van der Waals surface area contributed by atoms with E-state index in [0.717, 1.165) is 11.1 Å². The molecule has 0 unspecified atom stereocenters. The van der Waals surface area contributed by atoms with Crippen LogP contribution >= 0.6 is 0 Å². The summed E-state index contributed by atoms with van der Waals surface area (Å²) in [5.74, 6) is 1.14. The number of anilines is 1. The van der Waals surface area contributed by atoms with Crippen LogP contribution in [0.5, 0.6) is 0 Å². The fourth-order valence-corrected chi connectivity index (χ4v) is 1.78. The SMILES string of the molecule is CC(C)c1ccc(-c2cn(C)nc2N)cc1. The van der Waals surface area contributed by atoms with Crippen molar-refractivity contribution < 1.29 is 0 Å². The van der Waals surface area contributed by atoms with Gasteiger partial charge in [-0.25, -0.2) is 0 Å². The third kappa shape index (κ3) is 1.94. The van der Waals surface area contributed by atoms with Crippen molar-refractivity contribution in [2.75, 3.05) is 5.73 Å². The van der Waals surface area contributed by atoms with E-state index in [1.165, 1.54) is 5.56 Å². The van der Waals surface area contributed by atoms with Crippen LogP contribution in [0, 0.1) is 0 Å². The summed E-state index contributed by atoms with van der Waals surface area (Å²) in [7, 11) is 1.88. The van der Waals surface area contributed by atoms with Gasteiger partial charge in [-0.05, 0) is 17.0 Å². The molecular weight excluding hydrogens is 198 g/mol. The van der Waals surface area contributed by atoms with Crippen LogP contribution in [-0.4, -0.2) is 9.78 Å². The van der Waals surface area contributed by atoms with Crippen LogP contribution in [0.15, 0.2) is 30.5 Å². The van der Waals surface area contributed by atoms with Crippen LogP contribution in [0.2, 0.25) is 0 Å². The Bertz CT molecular complexity index is 480. The zero-order chi connectivity index (χ0) is 11.7. The van der Waals surface area contributed by atoms with E-state index in [-0.39, 0.29) is 0 Å². The molecule has 0 aliphatic rings. The maximum Gasteiger partial charge on any atom is 0.153 e. The predicted octanol–water partition coefficient (Wildman–Crippen LogP) is 2.79. The molecule has 0 radical (unpaired) electrons. The van der Waals surface area contributed by atoms with E-state index >= 15 is 0 Å². The smallest absolute Gasteiger partial charge is 0.153 e. The number of nitrogen functional groups attached to an aromatic ring is 1. The summed E-state index contributed by atoms with van der Waals surface area (Å²) in [5, 5.41) is 4.14. The standard InChI is InChI=1S/C13H17N3/c1-9(2)10-4-6-11(7-5-10)12-8-16(3)15-13(12)14/h4-9H,1-3H3,(H2,14,15). The first-order valence-corrected chi connectivity index (χ1v) is 5.47. The summed E-state index contributed by atoms with van der Waals surface area (Å²) in [6.07, 6.45) is 1.94. The second-order valence-electron chi connectivity index (χ2n) is 4.38. The summed E-state index contributed by atoms with van der Waals surface area (Å²) in [4.78, 5) is 0. The third-order valence-corrected chi connectivity index (χ3v) is 2.75. The number of nitrogens with two attached hydrogens (primary N) is 1. The van der Waals surface area contributed by atoms with Gasteiger partial charge >= 0.3 is 0 Å². The van der Waals surface area contributed by atoms with Crippen molar-refractivity contribution in [1.82, 2.24) is 9.78 Å².